The first-order valence-electron chi connectivity index (χ1n) is 7.85. The molecule has 0 aromatic carbocycles. The van der Waals surface area contributed by atoms with Crippen LogP contribution in [0.1, 0.15) is 52.1 Å². The van der Waals surface area contributed by atoms with Crippen LogP contribution in [0, 0.1) is 11.3 Å². The van der Waals surface area contributed by atoms with E-state index in [2.05, 4.69) is 10.3 Å². The smallest absolute Gasteiger partial charge is 0.317 e. The highest BCUT2D eigenvalue weighted by molar-refractivity contribution is 7.13. The fourth-order valence-corrected chi connectivity index (χ4v) is 3.77. The van der Waals surface area contributed by atoms with E-state index in [4.69, 9.17) is 4.74 Å². The second-order valence-corrected chi connectivity index (χ2v) is 7.73. The Morgan fingerprint density at radius 3 is 2.81 bits per heavy atom. The van der Waals surface area contributed by atoms with Crippen LogP contribution in [0.5, 0.6) is 0 Å². The number of nitrogens with one attached hydrogen (secondary N) is 1. The minimum absolute atomic E-state index is 0.210. The Labute approximate surface area is 130 Å². The standard InChI is InChI=1S/C16H24N2O2S/c1-4-20-13(19)15(2,3)12-9-21-14(18-12)17-10-16(7-8-16)11-5-6-11/h9,11H,4-8,10H2,1-3H3,(H,17,18). The van der Waals surface area contributed by atoms with Gasteiger partial charge in [-0.3, -0.25) is 4.79 Å². The Hall–Kier alpha value is -1.10. The summed E-state index contributed by atoms with van der Waals surface area (Å²) in [5.74, 6) is 0.735. The van der Waals surface area contributed by atoms with Crippen LogP contribution in [0.3, 0.4) is 0 Å². The van der Waals surface area contributed by atoms with Gasteiger partial charge < -0.3 is 10.1 Å². The van der Waals surface area contributed by atoms with Gasteiger partial charge in [-0.15, -0.1) is 11.3 Å². The number of hydrogen-bond donors (Lipinski definition) is 1. The van der Waals surface area contributed by atoms with E-state index in [0.29, 0.717) is 12.0 Å². The van der Waals surface area contributed by atoms with Crippen LogP contribution >= 0.6 is 11.3 Å². The summed E-state index contributed by atoms with van der Waals surface area (Å²) in [5, 5.41) is 6.38. The Morgan fingerprint density at radius 1 is 1.52 bits per heavy atom. The van der Waals surface area contributed by atoms with Crippen molar-refractivity contribution < 1.29 is 9.53 Å². The topological polar surface area (TPSA) is 51.2 Å². The van der Waals surface area contributed by atoms with Crippen molar-refractivity contribution in [3.63, 3.8) is 0 Å². The molecule has 1 aromatic heterocycles. The van der Waals surface area contributed by atoms with E-state index in [0.717, 1.165) is 23.3 Å². The molecule has 0 amide bonds. The van der Waals surface area contributed by atoms with Gasteiger partial charge in [-0.25, -0.2) is 4.98 Å². The Morgan fingerprint density at radius 2 is 2.24 bits per heavy atom. The molecule has 2 aliphatic rings. The molecule has 0 saturated heterocycles. The SMILES string of the molecule is CCOC(=O)C(C)(C)c1csc(NCC2(C3CC3)CC2)n1. The number of carbonyl (C=O) groups is 1. The third kappa shape index (κ3) is 2.93. The van der Waals surface area contributed by atoms with Gasteiger partial charge in [-0.05, 0) is 57.8 Å². The van der Waals surface area contributed by atoms with E-state index in [9.17, 15) is 4.79 Å². The molecule has 0 unspecified atom stereocenters. The van der Waals surface area contributed by atoms with Crippen LogP contribution in [0.15, 0.2) is 5.38 Å². The van der Waals surface area contributed by atoms with E-state index >= 15 is 0 Å². The highest BCUT2D eigenvalue weighted by atomic mass is 32.1. The van der Waals surface area contributed by atoms with Gasteiger partial charge in [0, 0.05) is 11.9 Å². The van der Waals surface area contributed by atoms with Crippen molar-refractivity contribution in [3.05, 3.63) is 11.1 Å². The average Bonchev–Trinajstić information content (AvgIpc) is 3.35. The molecule has 116 valence electrons. The molecule has 2 aliphatic carbocycles. The van der Waals surface area contributed by atoms with Gasteiger partial charge in [0.25, 0.3) is 0 Å². The molecule has 0 aliphatic heterocycles. The third-order valence-electron chi connectivity index (χ3n) is 4.86. The number of hydrogen-bond acceptors (Lipinski definition) is 5. The van der Waals surface area contributed by atoms with Crippen LogP contribution in [-0.4, -0.2) is 24.1 Å². The lowest BCUT2D eigenvalue weighted by molar-refractivity contribution is -0.148. The van der Waals surface area contributed by atoms with E-state index in [1.54, 1.807) is 11.3 Å². The first-order valence-corrected chi connectivity index (χ1v) is 8.73. The lowest BCUT2D eigenvalue weighted by Gasteiger charge is -2.19. The molecule has 2 fully saturated rings. The molecular weight excluding hydrogens is 284 g/mol. The molecule has 0 radical (unpaired) electrons. The maximum absolute atomic E-state index is 12.0. The molecule has 2 saturated carbocycles. The number of nitrogens with zero attached hydrogens (tertiary/aromatic N) is 1. The summed E-state index contributed by atoms with van der Waals surface area (Å²) in [7, 11) is 0. The number of ether oxygens (including phenoxy) is 1. The molecule has 0 spiro atoms. The molecule has 0 bridgehead atoms. The van der Waals surface area contributed by atoms with Crippen molar-refractivity contribution in [2.45, 2.75) is 51.9 Å². The van der Waals surface area contributed by atoms with Gasteiger partial charge in [-0.1, -0.05) is 0 Å². The maximum Gasteiger partial charge on any atom is 0.317 e. The summed E-state index contributed by atoms with van der Waals surface area (Å²) < 4.78 is 5.14. The summed E-state index contributed by atoms with van der Waals surface area (Å²) in [6.07, 6.45) is 5.52. The normalized spacial score (nSPS) is 20.1. The number of esters is 1. The van der Waals surface area contributed by atoms with Crippen LogP contribution < -0.4 is 5.32 Å². The first kappa shape index (κ1) is 14.8. The van der Waals surface area contributed by atoms with Gasteiger partial charge in [0.15, 0.2) is 5.13 Å². The van der Waals surface area contributed by atoms with Crippen LogP contribution in [-0.2, 0) is 14.9 Å². The van der Waals surface area contributed by atoms with Crippen LogP contribution in [0.25, 0.3) is 0 Å². The second-order valence-electron chi connectivity index (χ2n) is 6.87. The Bertz CT molecular complexity index is 530. The average molecular weight is 308 g/mol. The van der Waals surface area contributed by atoms with Gasteiger partial charge >= 0.3 is 5.97 Å². The van der Waals surface area contributed by atoms with E-state index in [-0.39, 0.29) is 5.97 Å². The molecule has 21 heavy (non-hydrogen) atoms. The summed E-state index contributed by atoms with van der Waals surface area (Å²) in [5.41, 5.74) is 0.674. The van der Waals surface area contributed by atoms with Gasteiger partial charge in [0.2, 0.25) is 0 Å². The van der Waals surface area contributed by atoms with Crippen molar-refractivity contribution in [2.24, 2.45) is 11.3 Å². The molecule has 1 heterocycles. The monoisotopic (exact) mass is 308 g/mol. The molecular formula is C16H24N2O2S. The summed E-state index contributed by atoms with van der Waals surface area (Å²) in [6.45, 7) is 7.01. The quantitative estimate of drug-likeness (QED) is 0.782. The van der Waals surface area contributed by atoms with Crippen molar-refractivity contribution in [1.29, 1.82) is 0 Å². The lowest BCUT2D eigenvalue weighted by Crippen LogP contribution is -2.31. The number of anilines is 1. The summed E-state index contributed by atoms with van der Waals surface area (Å²) in [6, 6.07) is 0. The Balaban J connectivity index is 1.61. The second kappa shape index (κ2) is 5.27. The molecule has 0 atom stereocenters. The van der Waals surface area contributed by atoms with Crippen molar-refractivity contribution in [1.82, 2.24) is 4.98 Å². The predicted octanol–water partition coefficient (Wildman–Crippen LogP) is 3.59. The number of aromatic nitrogens is 1. The zero-order valence-corrected chi connectivity index (χ0v) is 13.9. The zero-order valence-electron chi connectivity index (χ0n) is 13.1. The highest BCUT2D eigenvalue weighted by Gasteiger charge is 2.53. The summed E-state index contributed by atoms with van der Waals surface area (Å²) in [4.78, 5) is 16.6. The van der Waals surface area contributed by atoms with Crippen LogP contribution in [0.4, 0.5) is 5.13 Å². The predicted molar refractivity (Wildman–Crippen MR) is 84.7 cm³/mol. The minimum Gasteiger partial charge on any atom is -0.465 e. The van der Waals surface area contributed by atoms with Crippen molar-refractivity contribution in [2.75, 3.05) is 18.5 Å². The zero-order chi connectivity index (χ0) is 15.1. The van der Waals surface area contributed by atoms with Gasteiger partial charge in [0.1, 0.15) is 5.41 Å². The van der Waals surface area contributed by atoms with E-state index < -0.39 is 5.41 Å². The molecule has 3 rings (SSSR count). The fourth-order valence-electron chi connectivity index (χ4n) is 2.90. The fraction of sp³-hybridized carbons (Fsp3) is 0.750. The summed E-state index contributed by atoms with van der Waals surface area (Å²) >= 11 is 1.58. The Kier molecular flexibility index (Phi) is 3.72. The number of rotatable bonds is 7. The highest BCUT2D eigenvalue weighted by Crippen LogP contribution is 2.61. The van der Waals surface area contributed by atoms with Crippen molar-refractivity contribution in [3.8, 4) is 0 Å². The molecule has 4 nitrogen and oxygen atoms in total. The van der Waals surface area contributed by atoms with E-state index in [1.165, 1.54) is 25.7 Å². The lowest BCUT2D eigenvalue weighted by atomic mass is 9.90. The van der Waals surface area contributed by atoms with E-state index in [1.807, 2.05) is 26.2 Å². The largest absolute Gasteiger partial charge is 0.465 e. The van der Waals surface area contributed by atoms with Crippen molar-refractivity contribution >= 4 is 22.4 Å². The van der Waals surface area contributed by atoms with Gasteiger partial charge in [-0.2, -0.15) is 0 Å². The number of carbonyl (C=O) groups excluding carboxylic acids is 1. The first-order chi connectivity index (χ1) is 9.98. The molecule has 5 heteroatoms. The third-order valence-corrected chi connectivity index (χ3v) is 5.66. The minimum atomic E-state index is -0.680. The maximum atomic E-state index is 12.0. The molecule has 1 aromatic rings. The van der Waals surface area contributed by atoms with Crippen LogP contribution in [0.2, 0.25) is 0 Å². The number of thiazole rings is 1. The van der Waals surface area contributed by atoms with Gasteiger partial charge in [0.05, 0.1) is 12.3 Å². The molecule has 1 N–H and O–H groups in total.